The van der Waals surface area contributed by atoms with Gasteiger partial charge in [-0.3, -0.25) is 0 Å². The van der Waals surface area contributed by atoms with Crippen LogP contribution < -0.4 is 11.1 Å². The lowest BCUT2D eigenvalue weighted by molar-refractivity contribution is 0.0247. The van der Waals surface area contributed by atoms with Crippen molar-refractivity contribution in [2.24, 2.45) is 0 Å². The Morgan fingerprint density at radius 2 is 2.33 bits per heavy atom. The molecule has 0 radical (unpaired) electrons. The normalized spacial score (nSPS) is 19.4. The molecule has 2 rings (SSSR count). The maximum absolute atomic E-state index is 10.9. The quantitative estimate of drug-likeness (QED) is 0.711. The molecule has 0 spiro atoms. The van der Waals surface area contributed by atoms with Gasteiger partial charge >= 0.3 is 5.97 Å². The largest absolute Gasteiger partial charge is 0.478 e. The maximum Gasteiger partial charge on any atom is 0.337 e. The summed E-state index contributed by atoms with van der Waals surface area (Å²) in [6.45, 7) is 1.51. The fourth-order valence-electron chi connectivity index (χ4n) is 2.05. The molecule has 4 N–H and O–H groups in total. The Morgan fingerprint density at radius 3 is 3.00 bits per heavy atom. The van der Waals surface area contributed by atoms with E-state index in [2.05, 4.69) is 5.32 Å². The topological polar surface area (TPSA) is 84.6 Å². The molecule has 98 valence electrons. The molecular weight excluding hydrogens is 232 g/mol. The molecule has 1 aromatic rings. The lowest BCUT2D eigenvalue weighted by Crippen LogP contribution is -2.27. The second-order valence-electron chi connectivity index (χ2n) is 4.48. The number of hydrogen-bond donors (Lipinski definition) is 3. The van der Waals surface area contributed by atoms with Crippen LogP contribution in [0.1, 0.15) is 29.6 Å². The van der Waals surface area contributed by atoms with Gasteiger partial charge in [-0.2, -0.15) is 0 Å². The molecule has 0 bridgehead atoms. The summed E-state index contributed by atoms with van der Waals surface area (Å²) in [7, 11) is 0. The Hall–Kier alpha value is -1.75. The zero-order valence-electron chi connectivity index (χ0n) is 10.2. The highest BCUT2D eigenvalue weighted by Crippen LogP contribution is 2.19. The average molecular weight is 250 g/mol. The summed E-state index contributed by atoms with van der Waals surface area (Å²) in [4.78, 5) is 10.9. The fourth-order valence-corrected chi connectivity index (χ4v) is 2.05. The van der Waals surface area contributed by atoms with Gasteiger partial charge in [0.1, 0.15) is 0 Å². The molecule has 5 nitrogen and oxygen atoms in total. The number of nitrogen functional groups attached to an aromatic ring is 1. The number of anilines is 2. The van der Waals surface area contributed by atoms with Crippen LogP contribution in [0.25, 0.3) is 0 Å². The second-order valence-corrected chi connectivity index (χ2v) is 4.48. The van der Waals surface area contributed by atoms with Gasteiger partial charge in [0.05, 0.1) is 11.7 Å². The number of rotatable bonds is 4. The van der Waals surface area contributed by atoms with Gasteiger partial charge in [-0.15, -0.1) is 0 Å². The summed E-state index contributed by atoms with van der Waals surface area (Å²) in [5.74, 6) is -1.01. The van der Waals surface area contributed by atoms with E-state index >= 15 is 0 Å². The third-order valence-corrected chi connectivity index (χ3v) is 3.09. The summed E-state index contributed by atoms with van der Waals surface area (Å²) in [5, 5.41) is 12.2. The first kappa shape index (κ1) is 12.7. The lowest BCUT2D eigenvalue weighted by Gasteiger charge is -2.23. The summed E-state index contributed by atoms with van der Waals surface area (Å²) in [5.41, 5.74) is 6.76. The van der Waals surface area contributed by atoms with Gasteiger partial charge in [0.15, 0.2) is 0 Å². The van der Waals surface area contributed by atoms with Crippen LogP contribution in [0.4, 0.5) is 11.4 Å². The van der Waals surface area contributed by atoms with Crippen LogP contribution in [-0.4, -0.2) is 30.3 Å². The summed E-state index contributed by atoms with van der Waals surface area (Å²) in [6.07, 6.45) is 3.58. The average Bonchev–Trinajstić information content (AvgIpc) is 2.38. The molecule has 1 aliphatic heterocycles. The maximum atomic E-state index is 10.9. The number of benzene rings is 1. The van der Waals surface area contributed by atoms with Crippen LogP contribution in [0.3, 0.4) is 0 Å². The van der Waals surface area contributed by atoms with Crippen molar-refractivity contribution < 1.29 is 14.6 Å². The van der Waals surface area contributed by atoms with Crippen LogP contribution in [0, 0.1) is 0 Å². The van der Waals surface area contributed by atoms with Crippen molar-refractivity contribution in [3.8, 4) is 0 Å². The summed E-state index contributed by atoms with van der Waals surface area (Å²) >= 11 is 0. The predicted molar refractivity (Wildman–Crippen MR) is 69.9 cm³/mol. The molecule has 1 aromatic carbocycles. The van der Waals surface area contributed by atoms with Crippen molar-refractivity contribution in [3.05, 3.63) is 23.8 Å². The number of hydrogen-bond acceptors (Lipinski definition) is 4. The van der Waals surface area contributed by atoms with Crippen LogP contribution >= 0.6 is 0 Å². The van der Waals surface area contributed by atoms with E-state index in [0.717, 1.165) is 25.1 Å². The van der Waals surface area contributed by atoms with E-state index < -0.39 is 5.97 Å². The van der Waals surface area contributed by atoms with Crippen molar-refractivity contribution in [1.82, 2.24) is 0 Å². The molecular formula is C13H18N2O3. The first-order chi connectivity index (χ1) is 8.66. The van der Waals surface area contributed by atoms with Crippen molar-refractivity contribution in [2.45, 2.75) is 25.4 Å². The molecule has 1 saturated heterocycles. The van der Waals surface area contributed by atoms with Crippen molar-refractivity contribution in [1.29, 1.82) is 0 Å². The molecule has 0 aromatic heterocycles. The Bertz CT molecular complexity index is 428. The second kappa shape index (κ2) is 5.73. The number of carboxylic acids is 1. The summed E-state index contributed by atoms with van der Waals surface area (Å²) < 4.78 is 5.60. The zero-order chi connectivity index (χ0) is 13.0. The van der Waals surface area contributed by atoms with E-state index in [9.17, 15) is 4.79 Å². The highest BCUT2D eigenvalue weighted by atomic mass is 16.5. The lowest BCUT2D eigenvalue weighted by atomic mass is 10.1. The van der Waals surface area contributed by atoms with Crippen LogP contribution in [-0.2, 0) is 4.74 Å². The van der Waals surface area contributed by atoms with Gasteiger partial charge in [-0.25, -0.2) is 4.79 Å². The van der Waals surface area contributed by atoms with Gasteiger partial charge < -0.3 is 20.9 Å². The van der Waals surface area contributed by atoms with E-state index in [-0.39, 0.29) is 17.4 Å². The monoisotopic (exact) mass is 250 g/mol. The highest BCUT2D eigenvalue weighted by molar-refractivity contribution is 5.94. The van der Waals surface area contributed by atoms with Gasteiger partial charge in [-0.1, -0.05) is 0 Å². The molecule has 1 fully saturated rings. The standard InChI is InChI=1S/C13H18N2O3/c14-12-5-4-9(7-11(12)13(16)17)15-8-10-3-1-2-6-18-10/h4-5,7,10,15H,1-3,6,8,14H2,(H,16,17). The van der Waals surface area contributed by atoms with Gasteiger partial charge in [0, 0.05) is 24.5 Å². The van der Waals surface area contributed by atoms with Gasteiger partial charge in [-0.05, 0) is 37.5 Å². The molecule has 0 amide bonds. The molecule has 1 atom stereocenters. The van der Waals surface area contributed by atoms with E-state index in [4.69, 9.17) is 15.6 Å². The van der Waals surface area contributed by atoms with Gasteiger partial charge in [0.25, 0.3) is 0 Å². The number of ether oxygens (including phenoxy) is 1. The molecule has 1 aliphatic rings. The predicted octanol–water partition coefficient (Wildman–Crippen LogP) is 1.95. The zero-order valence-corrected chi connectivity index (χ0v) is 10.2. The van der Waals surface area contributed by atoms with Gasteiger partial charge in [0.2, 0.25) is 0 Å². The smallest absolute Gasteiger partial charge is 0.337 e. The Morgan fingerprint density at radius 1 is 1.50 bits per heavy atom. The minimum atomic E-state index is -1.01. The van der Waals surface area contributed by atoms with E-state index in [0.29, 0.717) is 6.54 Å². The SMILES string of the molecule is Nc1ccc(NCC2CCCCO2)cc1C(=O)O. The van der Waals surface area contributed by atoms with Crippen LogP contribution in [0.2, 0.25) is 0 Å². The molecule has 18 heavy (non-hydrogen) atoms. The van der Waals surface area contributed by atoms with Crippen LogP contribution in [0.15, 0.2) is 18.2 Å². The molecule has 5 heteroatoms. The van der Waals surface area contributed by atoms with E-state index in [1.807, 2.05) is 0 Å². The van der Waals surface area contributed by atoms with Crippen molar-refractivity contribution >= 4 is 17.3 Å². The first-order valence-corrected chi connectivity index (χ1v) is 6.15. The Kier molecular flexibility index (Phi) is 4.04. The molecule has 1 heterocycles. The van der Waals surface area contributed by atoms with Crippen LogP contribution in [0.5, 0.6) is 0 Å². The molecule has 0 aliphatic carbocycles. The Balaban J connectivity index is 1.96. The fraction of sp³-hybridized carbons (Fsp3) is 0.462. The number of carbonyl (C=O) groups is 1. The molecule has 0 saturated carbocycles. The van der Waals surface area contributed by atoms with Crippen molar-refractivity contribution in [3.63, 3.8) is 0 Å². The first-order valence-electron chi connectivity index (χ1n) is 6.15. The Labute approximate surface area is 106 Å². The number of carboxylic acid groups (broad SMARTS) is 1. The van der Waals surface area contributed by atoms with E-state index in [1.165, 1.54) is 6.42 Å². The minimum absolute atomic E-state index is 0.129. The number of nitrogens with one attached hydrogen (secondary N) is 1. The van der Waals surface area contributed by atoms with E-state index in [1.54, 1.807) is 18.2 Å². The molecule has 1 unspecified atom stereocenters. The third-order valence-electron chi connectivity index (χ3n) is 3.09. The minimum Gasteiger partial charge on any atom is -0.478 e. The number of aromatic carboxylic acids is 1. The summed E-state index contributed by atoms with van der Waals surface area (Å²) in [6, 6.07) is 4.94. The highest BCUT2D eigenvalue weighted by Gasteiger charge is 2.14. The van der Waals surface area contributed by atoms with Crippen molar-refractivity contribution in [2.75, 3.05) is 24.2 Å². The number of nitrogens with two attached hydrogens (primary N) is 1. The third kappa shape index (κ3) is 3.13.